The minimum Gasteiger partial charge on any atom is -0.481 e. The number of thiazole rings is 1. The number of amides is 1. The number of hydrogen-bond donors (Lipinski definition) is 1. The van der Waals surface area contributed by atoms with Crippen LogP contribution in [0.15, 0.2) is 30.3 Å². The van der Waals surface area contributed by atoms with Gasteiger partial charge >= 0.3 is 5.97 Å². The summed E-state index contributed by atoms with van der Waals surface area (Å²) in [6.45, 7) is 12.2. The van der Waals surface area contributed by atoms with Gasteiger partial charge in [-0.05, 0) is 51.1 Å². The molecular weight excluding hydrogens is 541 g/mol. The van der Waals surface area contributed by atoms with E-state index in [0.29, 0.717) is 37.6 Å². The van der Waals surface area contributed by atoms with Crippen molar-refractivity contribution in [3.63, 3.8) is 0 Å². The molecule has 0 radical (unpaired) electrons. The van der Waals surface area contributed by atoms with Gasteiger partial charge in [0.2, 0.25) is 0 Å². The van der Waals surface area contributed by atoms with Gasteiger partial charge in [0.15, 0.2) is 5.13 Å². The highest BCUT2D eigenvalue weighted by atomic mass is 35.5. The third-order valence-electron chi connectivity index (χ3n) is 7.40. The molecule has 3 aromatic rings. The van der Waals surface area contributed by atoms with Crippen LogP contribution < -0.4 is 9.80 Å². The summed E-state index contributed by atoms with van der Waals surface area (Å²) in [5, 5.41) is 10.0. The molecule has 8 nitrogen and oxygen atoms in total. The van der Waals surface area contributed by atoms with E-state index in [1.54, 1.807) is 18.2 Å². The number of rotatable bonds is 5. The second kappa shape index (κ2) is 9.75. The van der Waals surface area contributed by atoms with Crippen molar-refractivity contribution in [2.75, 3.05) is 36.0 Å². The second-order valence-corrected chi connectivity index (χ2v) is 12.9. The van der Waals surface area contributed by atoms with Crippen LogP contribution in [0.2, 0.25) is 5.02 Å². The molecule has 206 valence electrons. The Morgan fingerprint density at radius 3 is 2.51 bits per heavy atom. The molecule has 0 atom stereocenters. The van der Waals surface area contributed by atoms with Crippen molar-refractivity contribution >= 4 is 51.3 Å². The first kappa shape index (κ1) is 27.3. The summed E-state index contributed by atoms with van der Waals surface area (Å²) in [6, 6.07) is 8.38. The lowest BCUT2D eigenvalue weighted by atomic mass is 9.91. The average Bonchev–Trinajstić information content (AvgIpc) is 3.35. The predicted molar refractivity (Wildman–Crippen MR) is 151 cm³/mol. The van der Waals surface area contributed by atoms with Crippen molar-refractivity contribution in [2.24, 2.45) is 0 Å². The largest absolute Gasteiger partial charge is 0.481 e. The zero-order chi connectivity index (χ0) is 28.3. The minimum atomic E-state index is -0.877. The number of aryl methyl sites for hydroxylation is 1. The molecule has 2 aliphatic rings. The van der Waals surface area contributed by atoms with Crippen molar-refractivity contribution in [2.45, 2.75) is 52.0 Å². The SMILES string of the molecule is Cc1nc(N2CCN(C(=O)c3ccc4c(n3)C(C)(C)CN4c3ccc(Cl)c(F)c3)C(C)(C)C2)sc1CC(=O)O. The summed E-state index contributed by atoms with van der Waals surface area (Å²) in [5.41, 5.74) is 2.57. The molecule has 39 heavy (non-hydrogen) atoms. The lowest BCUT2D eigenvalue weighted by Crippen LogP contribution is -2.61. The molecule has 2 aromatic heterocycles. The Hall–Kier alpha value is -3.24. The van der Waals surface area contributed by atoms with Crippen LogP contribution >= 0.6 is 22.9 Å². The summed E-state index contributed by atoms with van der Waals surface area (Å²) in [7, 11) is 0. The maximum absolute atomic E-state index is 14.2. The Morgan fingerprint density at radius 2 is 1.85 bits per heavy atom. The fourth-order valence-corrected chi connectivity index (χ4v) is 6.60. The van der Waals surface area contributed by atoms with Gasteiger partial charge in [-0.15, -0.1) is 11.3 Å². The molecule has 5 rings (SSSR count). The highest BCUT2D eigenvalue weighted by Crippen LogP contribution is 2.44. The Balaban J connectivity index is 1.37. The van der Waals surface area contributed by atoms with Crippen molar-refractivity contribution in [3.8, 4) is 0 Å². The molecule has 0 spiro atoms. The predicted octanol–water partition coefficient (Wildman–Crippen LogP) is 5.44. The Bertz CT molecular complexity index is 1470. The van der Waals surface area contributed by atoms with E-state index in [2.05, 4.69) is 23.7 Å². The van der Waals surface area contributed by atoms with Crippen LogP contribution in [-0.4, -0.2) is 63.6 Å². The number of benzene rings is 1. The van der Waals surface area contributed by atoms with Crippen molar-refractivity contribution in [1.29, 1.82) is 0 Å². The van der Waals surface area contributed by atoms with Gasteiger partial charge in [0.25, 0.3) is 5.91 Å². The van der Waals surface area contributed by atoms with Gasteiger partial charge in [0.05, 0.1) is 34.1 Å². The molecule has 1 N–H and O–H groups in total. The lowest BCUT2D eigenvalue weighted by molar-refractivity contribution is -0.136. The van der Waals surface area contributed by atoms with Gasteiger partial charge < -0.3 is 19.8 Å². The number of piperazine rings is 1. The van der Waals surface area contributed by atoms with Gasteiger partial charge in [-0.3, -0.25) is 9.59 Å². The molecule has 1 amide bonds. The fourth-order valence-electron chi connectivity index (χ4n) is 5.41. The van der Waals surface area contributed by atoms with Crippen molar-refractivity contribution in [1.82, 2.24) is 14.9 Å². The highest BCUT2D eigenvalue weighted by molar-refractivity contribution is 7.15. The van der Waals surface area contributed by atoms with Crippen LogP contribution in [0.4, 0.5) is 20.9 Å². The van der Waals surface area contributed by atoms with Crippen LogP contribution in [0.3, 0.4) is 0 Å². The first-order valence-corrected chi connectivity index (χ1v) is 14.0. The highest BCUT2D eigenvalue weighted by Gasteiger charge is 2.41. The molecule has 2 aliphatic heterocycles. The number of aliphatic carboxylic acids is 1. The third kappa shape index (κ3) is 5.07. The number of carbonyl (C=O) groups excluding carboxylic acids is 1. The van der Waals surface area contributed by atoms with Gasteiger partial charge in [0.1, 0.15) is 11.5 Å². The maximum Gasteiger partial charge on any atom is 0.308 e. The van der Waals surface area contributed by atoms with Crippen LogP contribution in [-0.2, 0) is 16.6 Å². The number of pyridine rings is 1. The van der Waals surface area contributed by atoms with Crippen molar-refractivity contribution in [3.05, 3.63) is 63.1 Å². The molecular formula is C28H31ClFN5O3S. The number of anilines is 3. The summed E-state index contributed by atoms with van der Waals surface area (Å²) >= 11 is 7.29. The zero-order valence-electron chi connectivity index (χ0n) is 22.6. The number of carbonyl (C=O) groups is 2. The summed E-state index contributed by atoms with van der Waals surface area (Å²) in [5.74, 6) is -1.50. The molecule has 0 aliphatic carbocycles. The van der Waals surface area contributed by atoms with E-state index in [-0.39, 0.29) is 22.8 Å². The maximum atomic E-state index is 14.2. The van der Waals surface area contributed by atoms with Gasteiger partial charge in [-0.2, -0.15) is 0 Å². The Kier molecular flexibility index (Phi) is 6.83. The molecule has 11 heteroatoms. The number of carboxylic acids is 1. The molecule has 0 unspecified atom stereocenters. The van der Waals surface area contributed by atoms with Gasteiger partial charge in [0, 0.05) is 42.2 Å². The summed E-state index contributed by atoms with van der Waals surface area (Å²) in [4.78, 5) is 41.1. The standard InChI is InChI=1S/C28H31ClFN5O3S/c1-16-22(13-23(36)37)39-26(31-16)33-10-11-35(28(4,5)15-33)25(38)20-8-9-21-24(32-20)27(2,3)14-34(21)17-6-7-18(29)19(30)12-17/h6-9,12H,10-11,13-15H2,1-5H3,(H,36,37). The van der Waals surface area contributed by atoms with E-state index in [9.17, 15) is 19.1 Å². The van der Waals surface area contributed by atoms with Crippen molar-refractivity contribution < 1.29 is 19.1 Å². The topological polar surface area (TPSA) is 89.9 Å². The summed E-state index contributed by atoms with van der Waals surface area (Å²) < 4.78 is 14.2. The third-order valence-corrected chi connectivity index (χ3v) is 8.93. The number of fused-ring (bicyclic) bond motifs is 1. The van der Waals surface area contributed by atoms with Gasteiger partial charge in [-0.25, -0.2) is 14.4 Å². The van der Waals surface area contributed by atoms with Crippen LogP contribution in [0, 0.1) is 12.7 Å². The summed E-state index contributed by atoms with van der Waals surface area (Å²) in [6.07, 6.45) is -0.0456. The quantitative estimate of drug-likeness (QED) is 0.436. The second-order valence-electron chi connectivity index (χ2n) is 11.4. The number of carboxylic acid groups (broad SMARTS) is 1. The van der Waals surface area contributed by atoms with Crippen LogP contribution in [0.5, 0.6) is 0 Å². The zero-order valence-corrected chi connectivity index (χ0v) is 24.2. The minimum absolute atomic E-state index is 0.0456. The van der Waals surface area contributed by atoms with E-state index in [0.717, 1.165) is 27.1 Å². The molecule has 1 aromatic carbocycles. The van der Waals surface area contributed by atoms with Gasteiger partial charge in [-0.1, -0.05) is 25.4 Å². The first-order valence-electron chi connectivity index (χ1n) is 12.8. The van der Waals surface area contributed by atoms with E-state index in [1.165, 1.54) is 17.4 Å². The number of halogens is 2. The lowest BCUT2D eigenvalue weighted by Gasteiger charge is -2.47. The molecule has 4 heterocycles. The fraction of sp³-hybridized carbons (Fsp3) is 0.429. The number of aromatic nitrogens is 2. The van der Waals surface area contributed by atoms with E-state index >= 15 is 0 Å². The molecule has 1 fully saturated rings. The molecule has 0 bridgehead atoms. The Labute approximate surface area is 236 Å². The monoisotopic (exact) mass is 571 g/mol. The molecule has 1 saturated heterocycles. The smallest absolute Gasteiger partial charge is 0.308 e. The van der Waals surface area contributed by atoms with E-state index in [4.69, 9.17) is 16.6 Å². The molecule has 0 saturated carbocycles. The number of nitrogens with zero attached hydrogens (tertiary/aromatic N) is 5. The average molecular weight is 572 g/mol. The van der Waals surface area contributed by atoms with E-state index < -0.39 is 17.3 Å². The number of hydrogen-bond acceptors (Lipinski definition) is 7. The first-order chi connectivity index (χ1) is 18.3. The van der Waals surface area contributed by atoms with Crippen LogP contribution in [0.25, 0.3) is 0 Å². The Morgan fingerprint density at radius 1 is 1.10 bits per heavy atom. The van der Waals surface area contributed by atoms with Crippen LogP contribution in [0.1, 0.15) is 54.4 Å². The van der Waals surface area contributed by atoms with E-state index in [1.807, 2.05) is 36.6 Å². The normalized spacial score (nSPS) is 17.9.